The molecule has 29 heavy (non-hydrogen) atoms. The van der Waals surface area contributed by atoms with Crippen molar-refractivity contribution < 1.29 is 14.0 Å². The van der Waals surface area contributed by atoms with Crippen LogP contribution in [0.25, 0.3) is 0 Å². The van der Waals surface area contributed by atoms with E-state index in [0.29, 0.717) is 12.0 Å². The second-order valence-electron chi connectivity index (χ2n) is 7.76. The maximum absolute atomic E-state index is 14.2. The average molecular weight is 397 g/mol. The van der Waals surface area contributed by atoms with Gasteiger partial charge in [0.25, 0.3) is 0 Å². The summed E-state index contributed by atoms with van der Waals surface area (Å²) in [6.45, 7) is 1.81. The lowest BCUT2D eigenvalue weighted by atomic mass is 10.1. The summed E-state index contributed by atoms with van der Waals surface area (Å²) in [7, 11) is 0. The first-order chi connectivity index (χ1) is 14.0. The van der Waals surface area contributed by atoms with Crippen LogP contribution in [0.2, 0.25) is 0 Å². The van der Waals surface area contributed by atoms with Crippen molar-refractivity contribution in [2.45, 2.75) is 64.1 Å². The topological polar surface area (TPSA) is 49.4 Å². The Balaban J connectivity index is 1.71. The van der Waals surface area contributed by atoms with Gasteiger partial charge in [-0.25, -0.2) is 4.39 Å². The molecule has 0 aromatic heterocycles. The third kappa shape index (κ3) is 5.89. The molecule has 1 aliphatic carbocycles. The quantitative estimate of drug-likeness (QED) is 0.726. The van der Waals surface area contributed by atoms with E-state index in [1.807, 2.05) is 30.3 Å². The molecule has 0 unspecified atom stereocenters. The van der Waals surface area contributed by atoms with E-state index in [9.17, 15) is 14.0 Å². The van der Waals surface area contributed by atoms with E-state index in [2.05, 4.69) is 5.32 Å². The fourth-order valence-corrected chi connectivity index (χ4v) is 3.82. The van der Waals surface area contributed by atoms with Crippen LogP contribution < -0.4 is 5.32 Å². The molecule has 5 heteroatoms. The Kier molecular flexibility index (Phi) is 7.39. The van der Waals surface area contributed by atoms with Gasteiger partial charge in [-0.1, -0.05) is 61.4 Å². The first-order valence-corrected chi connectivity index (χ1v) is 10.4. The first-order valence-electron chi connectivity index (χ1n) is 10.4. The Morgan fingerprint density at radius 1 is 1.07 bits per heavy atom. The number of halogens is 1. The highest BCUT2D eigenvalue weighted by atomic mass is 19.1. The molecule has 0 radical (unpaired) electrons. The van der Waals surface area contributed by atoms with E-state index >= 15 is 0 Å². The predicted octanol–water partition coefficient (Wildman–Crippen LogP) is 4.23. The normalized spacial score (nSPS) is 15.1. The molecule has 1 aliphatic rings. The molecule has 0 saturated heterocycles. The van der Waals surface area contributed by atoms with Gasteiger partial charge in [-0.15, -0.1) is 0 Å². The van der Waals surface area contributed by atoms with Gasteiger partial charge in [-0.3, -0.25) is 9.59 Å². The molecule has 4 nitrogen and oxygen atoms in total. The van der Waals surface area contributed by atoms with Crippen molar-refractivity contribution in [2.24, 2.45) is 0 Å². The molecule has 1 atom stereocenters. The van der Waals surface area contributed by atoms with E-state index in [1.54, 1.807) is 25.1 Å². The number of nitrogens with one attached hydrogen (secondary N) is 1. The molecule has 0 spiro atoms. The molecular formula is C24H29FN2O2. The number of amides is 2. The first kappa shape index (κ1) is 21.0. The van der Waals surface area contributed by atoms with Gasteiger partial charge in [0.2, 0.25) is 11.8 Å². The smallest absolute Gasteiger partial charge is 0.242 e. The number of carbonyl (C=O) groups is 2. The van der Waals surface area contributed by atoms with Crippen molar-refractivity contribution >= 4 is 11.8 Å². The Bertz CT molecular complexity index is 819. The molecular weight excluding hydrogens is 367 g/mol. The highest BCUT2D eigenvalue weighted by Crippen LogP contribution is 2.19. The molecule has 0 heterocycles. The van der Waals surface area contributed by atoms with Crippen LogP contribution in [0.3, 0.4) is 0 Å². The minimum absolute atomic E-state index is 0.0829. The van der Waals surface area contributed by atoms with E-state index in [4.69, 9.17) is 0 Å². The van der Waals surface area contributed by atoms with Crippen LogP contribution in [0, 0.1) is 5.82 Å². The van der Waals surface area contributed by atoms with Gasteiger partial charge in [0.05, 0.1) is 0 Å². The van der Waals surface area contributed by atoms with Gasteiger partial charge >= 0.3 is 0 Å². The van der Waals surface area contributed by atoms with Gasteiger partial charge in [-0.2, -0.15) is 0 Å². The number of nitrogens with zero attached hydrogens (tertiary/aromatic N) is 1. The summed E-state index contributed by atoms with van der Waals surface area (Å²) in [5, 5.41) is 3.06. The lowest BCUT2D eigenvalue weighted by Gasteiger charge is -2.30. The van der Waals surface area contributed by atoms with Crippen LogP contribution in [0.1, 0.15) is 50.2 Å². The summed E-state index contributed by atoms with van der Waals surface area (Å²) in [5.74, 6) is -0.677. The maximum atomic E-state index is 14.2. The van der Waals surface area contributed by atoms with Crippen molar-refractivity contribution in [2.75, 3.05) is 0 Å². The highest BCUT2D eigenvalue weighted by molar-refractivity contribution is 5.87. The Hall–Kier alpha value is -2.69. The third-order valence-electron chi connectivity index (χ3n) is 5.64. The number of hydrogen-bond donors (Lipinski definition) is 1. The third-order valence-corrected chi connectivity index (χ3v) is 5.64. The largest absolute Gasteiger partial charge is 0.352 e. The van der Waals surface area contributed by atoms with Crippen LogP contribution in [0.5, 0.6) is 0 Å². The van der Waals surface area contributed by atoms with Crippen LogP contribution in [0.4, 0.5) is 4.39 Å². The molecule has 3 rings (SSSR count). The predicted molar refractivity (Wildman–Crippen MR) is 112 cm³/mol. The second kappa shape index (κ2) is 10.2. The minimum atomic E-state index is -0.654. The van der Waals surface area contributed by atoms with Crippen molar-refractivity contribution in [3.63, 3.8) is 0 Å². The summed E-state index contributed by atoms with van der Waals surface area (Å²) in [4.78, 5) is 27.3. The molecule has 154 valence electrons. The molecule has 2 aromatic carbocycles. The van der Waals surface area contributed by atoms with Crippen LogP contribution in [0.15, 0.2) is 54.6 Å². The summed E-state index contributed by atoms with van der Waals surface area (Å²) in [6.07, 6.45) is 5.06. The minimum Gasteiger partial charge on any atom is -0.352 e. The van der Waals surface area contributed by atoms with Crippen molar-refractivity contribution in [3.05, 3.63) is 71.5 Å². The standard InChI is InChI=1S/C24H29FN2O2/c1-18(24(29)26-21-12-6-7-13-21)27(17-20-11-5-8-14-22(20)25)23(28)16-15-19-9-3-2-4-10-19/h2-5,8-11,14,18,21H,6-7,12-13,15-17H2,1H3,(H,26,29)/t18-/m1/s1. The van der Waals surface area contributed by atoms with Gasteiger partial charge < -0.3 is 10.2 Å². The second-order valence-corrected chi connectivity index (χ2v) is 7.76. The summed E-state index contributed by atoms with van der Waals surface area (Å²) in [6, 6.07) is 15.7. The number of aryl methyl sites for hydroxylation is 1. The fourth-order valence-electron chi connectivity index (χ4n) is 3.82. The van der Waals surface area contributed by atoms with Gasteiger partial charge in [0, 0.05) is 24.6 Å². The zero-order chi connectivity index (χ0) is 20.6. The number of hydrogen-bond acceptors (Lipinski definition) is 2. The van der Waals surface area contributed by atoms with Crippen molar-refractivity contribution in [1.82, 2.24) is 10.2 Å². The van der Waals surface area contributed by atoms with Gasteiger partial charge in [0.15, 0.2) is 0 Å². The number of rotatable bonds is 8. The molecule has 1 fully saturated rings. The highest BCUT2D eigenvalue weighted by Gasteiger charge is 2.28. The summed E-state index contributed by atoms with van der Waals surface area (Å²) < 4.78 is 14.2. The molecule has 1 N–H and O–H groups in total. The van der Waals surface area contributed by atoms with Crippen LogP contribution >= 0.6 is 0 Å². The van der Waals surface area contributed by atoms with Crippen molar-refractivity contribution in [3.8, 4) is 0 Å². The van der Waals surface area contributed by atoms with Crippen LogP contribution in [-0.2, 0) is 22.6 Å². The molecule has 2 aromatic rings. The lowest BCUT2D eigenvalue weighted by molar-refractivity contribution is -0.140. The monoisotopic (exact) mass is 396 g/mol. The van der Waals surface area contributed by atoms with E-state index in [-0.39, 0.29) is 36.6 Å². The molecule has 2 amide bonds. The maximum Gasteiger partial charge on any atom is 0.242 e. The Morgan fingerprint density at radius 3 is 2.41 bits per heavy atom. The summed E-state index contributed by atoms with van der Waals surface area (Å²) in [5.41, 5.74) is 1.48. The molecule has 0 bridgehead atoms. The SMILES string of the molecule is C[C@H](C(=O)NC1CCCC1)N(Cc1ccccc1F)C(=O)CCc1ccccc1. The number of benzene rings is 2. The van der Waals surface area contributed by atoms with Gasteiger partial charge in [0.1, 0.15) is 11.9 Å². The molecule has 1 saturated carbocycles. The Morgan fingerprint density at radius 2 is 1.72 bits per heavy atom. The van der Waals surface area contributed by atoms with Crippen molar-refractivity contribution in [1.29, 1.82) is 0 Å². The molecule has 0 aliphatic heterocycles. The fraction of sp³-hybridized carbons (Fsp3) is 0.417. The number of carbonyl (C=O) groups excluding carboxylic acids is 2. The zero-order valence-corrected chi connectivity index (χ0v) is 16.9. The van der Waals surface area contributed by atoms with E-state index < -0.39 is 6.04 Å². The van der Waals surface area contributed by atoms with E-state index in [0.717, 1.165) is 31.2 Å². The van der Waals surface area contributed by atoms with Gasteiger partial charge in [-0.05, 0) is 37.8 Å². The van der Waals surface area contributed by atoms with E-state index in [1.165, 1.54) is 11.0 Å². The van der Waals surface area contributed by atoms with Crippen LogP contribution in [-0.4, -0.2) is 28.8 Å². The zero-order valence-electron chi connectivity index (χ0n) is 16.9. The summed E-state index contributed by atoms with van der Waals surface area (Å²) >= 11 is 0. The lowest BCUT2D eigenvalue weighted by Crippen LogP contribution is -2.49. The Labute approximate surface area is 172 Å². The average Bonchev–Trinajstić information content (AvgIpc) is 3.24.